The van der Waals surface area contributed by atoms with E-state index >= 15 is 0 Å². The first-order chi connectivity index (χ1) is 18.9. The maximum atomic E-state index is 12.9. The van der Waals surface area contributed by atoms with Crippen LogP contribution in [0.5, 0.6) is 0 Å². The molecule has 8 heteroatoms. The molecular weight excluding hydrogens is 512 g/mol. The number of nitrogens with zero attached hydrogens (tertiary/aromatic N) is 2. The van der Waals surface area contributed by atoms with Gasteiger partial charge in [0, 0.05) is 25.7 Å². The van der Waals surface area contributed by atoms with E-state index in [0.717, 1.165) is 58.0 Å². The highest BCUT2D eigenvalue weighted by molar-refractivity contribution is 7.85. The van der Waals surface area contributed by atoms with Crippen molar-refractivity contribution in [2.24, 2.45) is 0 Å². The van der Waals surface area contributed by atoms with Gasteiger partial charge in [0.1, 0.15) is 0 Å². The Morgan fingerprint density at radius 3 is 1.74 bits per heavy atom. The van der Waals surface area contributed by atoms with E-state index in [1.54, 1.807) is 0 Å². The van der Waals surface area contributed by atoms with Crippen molar-refractivity contribution in [1.29, 1.82) is 0 Å². The predicted octanol–water partition coefficient (Wildman–Crippen LogP) is 7.93. The van der Waals surface area contributed by atoms with Gasteiger partial charge in [0.05, 0.1) is 19.5 Å². The van der Waals surface area contributed by atoms with Gasteiger partial charge in [0.25, 0.3) is 10.1 Å². The minimum absolute atomic E-state index is 0.140. The smallest absolute Gasteiger partial charge is 0.409 e. The van der Waals surface area contributed by atoms with Crippen LogP contribution in [-0.4, -0.2) is 76.0 Å². The minimum atomic E-state index is -3.40. The minimum Gasteiger partial charge on any atom is -0.449 e. The molecule has 39 heavy (non-hydrogen) atoms. The fraction of sp³-hybridized carbons (Fsp3) is 0.968. The molecule has 0 aromatic carbocycles. The van der Waals surface area contributed by atoms with Crippen LogP contribution in [0.25, 0.3) is 0 Å². The van der Waals surface area contributed by atoms with Gasteiger partial charge < -0.3 is 9.64 Å². The number of unbranched alkanes of at least 4 members (excludes halogenated alkanes) is 12. The van der Waals surface area contributed by atoms with Crippen LogP contribution >= 0.6 is 0 Å². The number of rotatable bonds is 25. The van der Waals surface area contributed by atoms with Gasteiger partial charge in [0.15, 0.2) is 0 Å². The molecule has 0 aromatic rings. The van der Waals surface area contributed by atoms with E-state index < -0.39 is 10.1 Å². The molecule has 1 aliphatic carbocycles. The van der Waals surface area contributed by atoms with Gasteiger partial charge in [-0.2, -0.15) is 8.42 Å². The quantitative estimate of drug-likeness (QED) is 0.0814. The van der Waals surface area contributed by atoms with Gasteiger partial charge in [-0.15, -0.1) is 0 Å². The highest BCUT2D eigenvalue weighted by atomic mass is 32.2. The average Bonchev–Trinajstić information content (AvgIpc) is 2.91. The molecule has 1 fully saturated rings. The first kappa shape index (κ1) is 36.2. The Labute approximate surface area is 241 Å². The second-order valence-corrected chi connectivity index (χ2v) is 13.2. The van der Waals surface area contributed by atoms with Crippen molar-refractivity contribution >= 4 is 16.2 Å². The number of carbonyl (C=O) groups excluding carboxylic acids is 1. The van der Waals surface area contributed by atoms with Gasteiger partial charge in [-0.25, -0.2) is 4.79 Å². The standard InChI is InChI=1S/C31H62N2O5S/c1-4-6-8-10-12-18-25-33(26-19-13-11-9-7-5-2)31(34)37-28-21-15-20-24-32(27-29-38-39(3,35)36)30-22-16-14-17-23-30/h30H,4-29H2,1-3H3. The topological polar surface area (TPSA) is 76.2 Å². The normalized spacial score (nSPS) is 14.7. The maximum Gasteiger partial charge on any atom is 0.409 e. The van der Waals surface area contributed by atoms with E-state index in [-0.39, 0.29) is 12.7 Å². The van der Waals surface area contributed by atoms with Crippen molar-refractivity contribution < 1.29 is 22.1 Å². The summed E-state index contributed by atoms with van der Waals surface area (Å²) in [5, 5.41) is 0. The van der Waals surface area contributed by atoms with Crippen LogP contribution in [0.3, 0.4) is 0 Å². The SMILES string of the molecule is CCCCCCCCN(CCCCCCCC)C(=O)OCCCCCN(CCOS(C)(=O)=O)C1CCCCC1. The van der Waals surface area contributed by atoms with Crippen molar-refractivity contribution in [2.75, 3.05) is 45.6 Å². The molecule has 1 amide bonds. The first-order valence-electron chi connectivity index (χ1n) is 16.4. The van der Waals surface area contributed by atoms with Crippen molar-refractivity contribution in [3.8, 4) is 0 Å². The zero-order chi connectivity index (χ0) is 28.6. The third-order valence-electron chi connectivity index (χ3n) is 7.90. The zero-order valence-electron chi connectivity index (χ0n) is 25.8. The van der Waals surface area contributed by atoms with Crippen LogP contribution in [0.15, 0.2) is 0 Å². The van der Waals surface area contributed by atoms with E-state index in [1.165, 1.54) is 96.3 Å². The molecule has 1 saturated carbocycles. The lowest BCUT2D eigenvalue weighted by Crippen LogP contribution is -2.40. The predicted molar refractivity (Wildman–Crippen MR) is 163 cm³/mol. The van der Waals surface area contributed by atoms with E-state index in [0.29, 0.717) is 19.2 Å². The van der Waals surface area contributed by atoms with Crippen molar-refractivity contribution in [3.63, 3.8) is 0 Å². The monoisotopic (exact) mass is 574 g/mol. The average molecular weight is 575 g/mol. The Morgan fingerprint density at radius 1 is 0.667 bits per heavy atom. The molecule has 0 saturated heterocycles. The van der Waals surface area contributed by atoms with E-state index in [2.05, 4.69) is 18.7 Å². The van der Waals surface area contributed by atoms with Crippen LogP contribution in [0.1, 0.15) is 142 Å². The highest BCUT2D eigenvalue weighted by Gasteiger charge is 2.21. The third kappa shape index (κ3) is 20.6. The fourth-order valence-corrected chi connectivity index (χ4v) is 5.91. The number of hydrogen-bond donors (Lipinski definition) is 0. The molecule has 0 atom stereocenters. The van der Waals surface area contributed by atoms with Gasteiger partial charge >= 0.3 is 6.09 Å². The fourth-order valence-electron chi connectivity index (χ4n) is 5.53. The molecule has 0 radical (unpaired) electrons. The number of ether oxygens (including phenoxy) is 1. The Balaban J connectivity index is 2.35. The molecule has 0 aliphatic heterocycles. The Morgan fingerprint density at radius 2 is 1.18 bits per heavy atom. The lowest BCUT2D eigenvalue weighted by molar-refractivity contribution is 0.0974. The van der Waals surface area contributed by atoms with Crippen LogP contribution in [0, 0.1) is 0 Å². The van der Waals surface area contributed by atoms with Crippen molar-refractivity contribution in [2.45, 2.75) is 148 Å². The summed E-state index contributed by atoms with van der Waals surface area (Å²) in [6, 6.07) is 0.525. The molecule has 1 rings (SSSR count). The molecular formula is C31H62N2O5S. The Kier molecular flexibility index (Phi) is 22.1. The number of amides is 1. The Hall–Kier alpha value is -0.860. The lowest BCUT2D eigenvalue weighted by atomic mass is 9.94. The molecule has 0 heterocycles. The largest absolute Gasteiger partial charge is 0.449 e. The molecule has 0 bridgehead atoms. The molecule has 0 N–H and O–H groups in total. The van der Waals surface area contributed by atoms with Crippen molar-refractivity contribution in [1.82, 2.24) is 9.80 Å². The Bertz CT molecular complexity index is 666. The maximum absolute atomic E-state index is 12.9. The molecule has 7 nitrogen and oxygen atoms in total. The summed E-state index contributed by atoms with van der Waals surface area (Å²) < 4.78 is 33.4. The molecule has 0 unspecified atom stereocenters. The summed E-state index contributed by atoms with van der Waals surface area (Å²) in [6.45, 7) is 8.39. The number of carbonyl (C=O) groups is 1. The lowest BCUT2D eigenvalue weighted by Gasteiger charge is -2.34. The summed E-state index contributed by atoms with van der Waals surface area (Å²) in [5.74, 6) is 0. The van der Waals surface area contributed by atoms with E-state index in [4.69, 9.17) is 8.92 Å². The molecule has 0 spiro atoms. The van der Waals surface area contributed by atoms with Gasteiger partial charge in [-0.1, -0.05) is 97.3 Å². The third-order valence-corrected chi connectivity index (χ3v) is 8.50. The second-order valence-electron chi connectivity index (χ2n) is 11.6. The summed E-state index contributed by atoms with van der Waals surface area (Å²) >= 11 is 0. The van der Waals surface area contributed by atoms with E-state index in [9.17, 15) is 13.2 Å². The number of hydrogen-bond acceptors (Lipinski definition) is 6. The van der Waals surface area contributed by atoms with Crippen molar-refractivity contribution in [3.05, 3.63) is 0 Å². The van der Waals surface area contributed by atoms with Gasteiger partial charge in [-0.05, 0) is 51.5 Å². The first-order valence-corrected chi connectivity index (χ1v) is 18.2. The van der Waals surface area contributed by atoms with Crippen LogP contribution < -0.4 is 0 Å². The van der Waals surface area contributed by atoms with Gasteiger partial charge in [0.2, 0.25) is 0 Å². The second kappa shape index (κ2) is 23.8. The molecule has 232 valence electrons. The summed E-state index contributed by atoms with van der Waals surface area (Å²) in [4.78, 5) is 17.2. The summed E-state index contributed by atoms with van der Waals surface area (Å²) in [7, 11) is -3.40. The van der Waals surface area contributed by atoms with Gasteiger partial charge in [-0.3, -0.25) is 9.08 Å². The summed E-state index contributed by atoms with van der Waals surface area (Å²) in [6.07, 6.45) is 24.7. The summed E-state index contributed by atoms with van der Waals surface area (Å²) in [5.41, 5.74) is 0. The van der Waals surface area contributed by atoms with Crippen LogP contribution in [0.2, 0.25) is 0 Å². The van der Waals surface area contributed by atoms with Crippen LogP contribution in [-0.2, 0) is 19.0 Å². The molecule has 1 aliphatic rings. The van der Waals surface area contributed by atoms with Crippen LogP contribution in [0.4, 0.5) is 4.79 Å². The highest BCUT2D eigenvalue weighted by Crippen LogP contribution is 2.23. The van der Waals surface area contributed by atoms with E-state index in [1.807, 2.05) is 4.90 Å². The molecule has 0 aromatic heterocycles. The zero-order valence-corrected chi connectivity index (χ0v) is 26.6.